The molecule has 0 radical (unpaired) electrons. The van der Waals surface area contributed by atoms with Gasteiger partial charge in [-0.2, -0.15) is 5.10 Å². The maximum Gasteiger partial charge on any atom is 0.263 e. The molecule has 0 amide bonds. The zero-order chi connectivity index (χ0) is 17.6. The molecule has 2 aromatic carbocycles. The van der Waals surface area contributed by atoms with Gasteiger partial charge in [0.1, 0.15) is 17.1 Å². The van der Waals surface area contributed by atoms with Crippen LogP contribution in [-0.2, 0) is 7.05 Å². The van der Waals surface area contributed by atoms with Crippen molar-refractivity contribution >= 4 is 16.6 Å². The molecular weight excluding hydrogens is 318 g/mol. The number of aromatic nitrogens is 1. The monoisotopic (exact) mass is 335 g/mol. The van der Waals surface area contributed by atoms with Crippen molar-refractivity contribution in [2.45, 2.75) is 12.5 Å². The van der Waals surface area contributed by atoms with Crippen molar-refractivity contribution in [1.29, 1.82) is 0 Å². The van der Waals surface area contributed by atoms with Crippen LogP contribution in [0.3, 0.4) is 0 Å². The summed E-state index contributed by atoms with van der Waals surface area (Å²) in [5, 5.41) is 25.5. The summed E-state index contributed by atoms with van der Waals surface area (Å²) in [4.78, 5) is 12.7. The van der Waals surface area contributed by atoms with Crippen LogP contribution >= 0.6 is 0 Å². The van der Waals surface area contributed by atoms with Crippen molar-refractivity contribution in [1.82, 2.24) is 9.99 Å². The highest BCUT2D eigenvalue weighted by molar-refractivity contribution is 6.07. The number of aryl methyl sites for hydroxylation is 1. The Balaban J connectivity index is 1.79. The highest BCUT2D eigenvalue weighted by Gasteiger charge is 2.28. The van der Waals surface area contributed by atoms with Gasteiger partial charge in [-0.3, -0.25) is 4.79 Å². The summed E-state index contributed by atoms with van der Waals surface area (Å²) >= 11 is 0. The zero-order valence-corrected chi connectivity index (χ0v) is 13.6. The SMILES string of the molecule is Cn1c(=O)c(C2=NNC(c3ccccc3O)C2)c(O)c2ccccc21. The van der Waals surface area contributed by atoms with Crippen molar-refractivity contribution in [2.75, 3.05) is 0 Å². The molecule has 0 bridgehead atoms. The molecule has 6 nitrogen and oxygen atoms in total. The summed E-state index contributed by atoms with van der Waals surface area (Å²) in [6.07, 6.45) is 0.402. The number of para-hydroxylation sites is 2. The number of nitrogens with one attached hydrogen (secondary N) is 1. The van der Waals surface area contributed by atoms with Gasteiger partial charge in [0.2, 0.25) is 0 Å². The lowest BCUT2D eigenvalue weighted by molar-refractivity contribution is 0.455. The number of fused-ring (bicyclic) bond motifs is 1. The van der Waals surface area contributed by atoms with Crippen LogP contribution in [0.25, 0.3) is 10.9 Å². The van der Waals surface area contributed by atoms with E-state index in [9.17, 15) is 15.0 Å². The summed E-state index contributed by atoms with van der Waals surface area (Å²) in [5.74, 6) is 0.115. The van der Waals surface area contributed by atoms with Gasteiger partial charge in [0, 0.05) is 24.4 Å². The van der Waals surface area contributed by atoms with Gasteiger partial charge in [-0.1, -0.05) is 30.3 Å². The van der Waals surface area contributed by atoms with Crippen LogP contribution in [0, 0.1) is 0 Å². The minimum atomic E-state index is -0.297. The maximum absolute atomic E-state index is 12.7. The average molecular weight is 335 g/mol. The molecule has 6 heteroatoms. The number of nitrogens with zero attached hydrogens (tertiary/aromatic N) is 2. The second kappa shape index (κ2) is 5.66. The van der Waals surface area contributed by atoms with Gasteiger partial charge < -0.3 is 20.2 Å². The molecule has 126 valence electrons. The lowest BCUT2D eigenvalue weighted by Gasteiger charge is -2.13. The Bertz CT molecular complexity index is 1070. The fourth-order valence-electron chi connectivity index (χ4n) is 3.30. The second-order valence-electron chi connectivity index (χ2n) is 6.11. The first-order valence-corrected chi connectivity index (χ1v) is 7.99. The standard InChI is InChI=1S/C19H17N3O3/c1-22-15-8-4-2-7-12(15)18(24)17(19(22)25)14-10-13(20-21-14)11-6-3-5-9-16(11)23/h2-9,13,20,23-24H,10H2,1H3. The minimum Gasteiger partial charge on any atom is -0.508 e. The largest absolute Gasteiger partial charge is 0.508 e. The first-order valence-electron chi connectivity index (χ1n) is 7.99. The van der Waals surface area contributed by atoms with Crippen molar-refractivity contribution in [3.8, 4) is 11.5 Å². The van der Waals surface area contributed by atoms with E-state index in [1.54, 1.807) is 31.3 Å². The van der Waals surface area contributed by atoms with Gasteiger partial charge in [0.05, 0.1) is 17.3 Å². The molecule has 1 unspecified atom stereocenters. The van der Waals surface area contributed by atoms with Crippen molar-refractivity contribution in [3.05, 3.63) is 70.0 Å². The molecule has 3 N–H and O–H groups in total. The number of phenolic OH excluding ortho intramolecular Hbond substituents is 1. The van der Waals surface area contributed by atoms with Gasteiger partial charge in [-0.05, 0) is 18.2 Å². The highest BCUT2D eigenvalue weighted by Crippen LogP contribution is 2.33. The molecule has 0 saturated carbocycles. The molecule has 1 aliphatic rings. The summed E-state index contributed by atoms with van der Waals surface area (Å²) < 4.78 is 1.51. The van der Waals surface area contributed by atoms with E-state index < -0.39 is 0 Å². The van der Waals surface area contributed by atoms with Crippen molar-refractivity contribution in [2.24, 2.45) is 12.1 Å². The fraction of sp³-hybridized carbons (Fsp3) is 0.158. The second-order valence-corrected chi connectivity index (χ2v) is 6.11. The van der Waals surface area contributed by atoms with E-state index >= 15 is 0 Å². The molecular formula is C19H17N3O3. The zero-order valence-electron chi connectivity index (χ0n) is 13.6. The molecule has 3 aromatic rings. The van der Waals surface area contributed by atoms with Crippen molar-refractivity contribution in [3.63, 3.8) is 0 Å². The summed E-state index contributed by atoms with van der Waals surface area (Å²) in [6.45, 7) is 0. The number of benzene rings is 2. The minimum absolute atomic E-state index is 0.0582. The Morgan fingerprint density at radius 2 is 1.84 bits per heavy atom. The van der Waals surface area contributed by atoms with E-state index in [0.29, 0.717) is 28.6 Å². The van der Waals surface area contributed by atoms with Crippen LogP contribution in [0.4, 0.5) is 0 Å². The van der Waals surface area contributed by atoms with Gasteiger partial charge in [-0.15, -0.1) is 0 Å². The Labute approximate surface area is 143 Å². The Morgan fingerprint density at radius 3 is 2.64 bits per heavy atom. The molecule has 4 rings (SSSR count). The third-order valence-electron chi connectivity index (χ3n) is 4.63. The van der Waals surface area contributed by atoms with E-state index in [0.717, 1.165) is 0 Å². The average Bonchev–Trinajstić information content (AvgIpc) is 3.10. The number of phenols is 1. The number of aromatic hydroxyl groups is 2. The molecule has 0 aliphatic carbocycles. The van der Waals surface area contributed by atoms with E-state index in [4.69, 9.17) is 0 Å². The highest BCUT2D eigenvalue weighted by atomic mass is 16.3. The van der Waals surface area contributed by atoms with E-state index in [1.807, 2.05) is 24.3 Å². The molecule has 0 fully saturated rings. The number of pyridine rings is 1. The number of rotatable bonds is 2. The predicted octanol–water partition coefficient (Wildman–Crippen LogP) is 2.39. The molecule has 2 heterocycles. The van der Waals surface area contributed by atoms with Crippen LogP contribution in [0.5, 0.6) is 11.5 Å². The number of hydrogen-bond donors (Lipinski definition) is 3. The molecule has 1 aromatic heterocycles. The summed E-state index contributed by atoms with van der Waals surface area (Å²) in [7, 11) is 1.68. The van der Waals surface area contributed by atoms with Gasteiger partial charge in [0.25, 0.3) is 5.56 Å². The van der Waals surface area contributed by atoms with Crippen LogP contribution < -0.4 is 11.0 Å². The predicted molar refractivity (Wildman–Crippen MR) is 96.0 cm³/mol. The molecule has 0 saturated heterocycles. The van der Waals surface area contributed by atoms with E-state index in [1.165, 1.54) is 4.57 Å². The first-order chi connectivity index (χ1) is 12.1. The van der Waals surface area contributed by atoms with Gasteiger partial charge in [0.15, 0.2) is 0 Å². The van der Waals surface area contributed by atoms with Crippen LogP contribution in [0.15, 0.2) is 58.4 Å². The Morgan fingerprint density at radius 1 is 1.12 bits per heavy atom. The van der Waals surface area contributed by atoms with Crippen molar-refractivity contribution < 1.29 is 10.2 Å². The lowest BCUT2D eigenvalue weighted by atomic mass is 9.97. The molecule has 1 aliphatic heterocycles. The topological polar surface area (TPSA) is 86.9 Å². The quantitative estimate of drug-likeness (QED) is 0.671. The number of hydrazone groups is 1. The molecule has 1 atom stereocenters. The third-order valence-corrected chi connectivity index (χ3v) is 4.63. The third kappa shape index (κ3) is 2.34. The first kappa shape index (κ1) is 15.3. The summed E-state index contributed by atoms with van der Waals surface area (Å²) in [5.41, 5.74) is 4.71. The Kier molecular flexibility index (Phi) is 3.46. The van der Waals surface area contributed by atoms with Crippen LogP contribution in [-0.4, -0.2) is 20.5 Å². The molecule has 0 spiro atoms. The van der Waals surface area contributed by atoms with Gasteiger partial charge in [-0.25, -0.2) is 0 Å². The summed E-state index contributed by atoms with van der Waals surface area (Å²) in [6, 6.07) is 14.0. The van der Waals surface area contributed by atoms with Gasteiger partial charge >= 0.3 is 0 Å². The van der Waals surface area contributed by atoms with E-state index in [-0.39, 0.29) is 28.7 Å². The fourth-order valence-corrected chi connectivity index (χ4v) is 3.30. The smallest absolute Gasteiger partial charge is 0.263 e. The maximum atomic E-state index is 12.7. The Hall–Kier alpha value is -3.28. The number of hydrogen-bond acceptors (Lipinski definition) is 5. The van der Waals surface area contributed by atoms with Crippen LogP contribution in [0.1, 0.15) is 23.6 Å². The van der Waals surface area contributed by atoms with E-state index in [2.05, 4.69) is 10.5 Å². The molecule has 25 heavy (non-hydrogen) atoms. The lowest BCUT2D eigenvalue weighted by Crippen LogP contribution is -2.24. The van der Waals surface area contributed by atoms with Crippen LogP contribution in [0.2, 0.25) is 0 Å². The normalized spacial score (nSPS) is 16.7.